The van der Waals surface area contributed by atoms with Gasteiger partial charge in [-0.3, -0.25) is 4.99 Å². The van der Waals surface area contributed by atoms with Crippen molar-refractivity contribution in [2.24, 2.45) is 4.99 Å². The molecule has 4 rings (SSSR count). The quantitative estimate of drug-likeness (QED) is 0.276. The van der Waals surface area contributed by atoms with E-state index in [1.807, 2.05) is 0 Å². The Bertz CT molecular complexity index is 1020. The SMILES string of the molecule is CCc1nsc(N2CCN(C(=NC)NCCc3coc(-c4ccc(F)cc4)n3)CC2)n1.I. The van der Waals surface area contributed by atoms with Crippen LogP contribution < -0.4 is 10.2 Å². The van der Waals surface area contributed by atoms with Gasteiger partial charge >= 0.3 is 0 Å². The van der Waals surface area contributed by atoms with Crippen LogP contribution >= 0.6 is 35.5 Å². The number of hydrogen-bond donors (Lipinski definition) is 1. The van der Waals surface area contributed by atoms with Crippen LogP contribution in [0, 0.1) is 5.82 Å². The first-order valence-corrected chi connectivity index (χ1v) is 11.2. The number of hydrogen-bond acceptors (Lipinski definition) is 7. The van der Waals surface area contributed by atoms with E-state index >= 15 is 0 Å². The zero-order valence-electron chi connectivity index (χ0n) is 18.1. The molecule has 0 atom stereocenters. The highest BCUT2D eigenvalue weighted by molar-refractivity contribution is 14.0. The molecule has 2 aromatic heterocycles. The van der Waals surface area contributed by atoms with E-state index in [4.69, 9.17) is 4.42 Å². The van der Waals surface area contributed by atoms with Gasteiger partial charge < -0.3 is 19.5 Å². The minimum absolute atomic E-state index is 0. The van der Waals surface area contributed by atoms with Gasteiger partial charge in [-0.1, -0.05) is 6.92 Å². The van der Waals surface area contributed by atoms with Crippen molar-refractivity contribution in [2.45, 2.75) is 19.8 Å². The standard InChI is InChI=1S/C21H26FN7OS.HI/c1-3-18-26-21(31-27-18)29-12-10-28(11-13-29)20(23-2)24-9-8-17-14-30-19(25-17)15-4-6-16(22)7-5-15;/h4-7,14H,3,8-13H2,1-2H3,(H,23,24);1H. The number of halogens is 2. The summed E-state index contributed by atoms with van der Waals surface area (Å²) in [7, 11) is 1.80. The van der Waals surface area contributed by atoms with Crippen LogP contribution in [0.2, 0.25) is 0 Å². The maximum atomic E-state index is 13.1. The molecule has 1 N–H and O–H groups in total. The molecule has 172 valence electrons. The third-order valence-corrected chi connectivity index (χ3v) is 5.96. The number of anilines is 1. The van der Waals surface area contributed by atoms with E-state index < -0.39 is 0 Å². The largest absolute Gasteiger partial charge is 0.444 e. The van der Waals surface area contributed by atoms with Crippen molar-refractivity contribution >= 4 is 46.6 Å². The van der Waals surface area contributed by atoms with Crippen LogP contribution in [0.25, 0.3) is 11.5 Å². The van der Waals surface area contributed by atoms with Gasteiger partial charge in [-0.15, -0.1) is 24.0 Å². The van der Waals surface area contributed by atoms with Gasteiger partial charge in [-0.05, 0) is 24.3 Å². The number of aliphatic imine (C=N–C) groups is 1. The van der Waals surface area contributed by atoms with Crippen molar-refractivity contribution in [3.05, 3.63) is 47.9 Å². The van der Waals surface area contributed by atoms with Crippen LogP contribution in [0.5, 0.6) is 0 Å². The number of benzene rings is 1. The lowest BCUT2D eigenvalue weighted by atomic mass is 10.2. The van der Waals surface area contributed by atoms with E-state index in [-0.39, 0.29) is 29.8 Å². The highest BCUT2D eigenvalue weighted by Crippen LogP contribution is 2.20. The molecule has 1 saturated heterocycles. The van der Waals surface area contributed by atoms with Crippen molar-refractivity contribution < 1.29 is 8.81 Å². The van der Waals surface area contributed by atoms with Crippen molar-refractivity contribution in [1.82, 2.24) is 24.6 Å². The van der Waals surface area contributed by atoms with Gasteiger partial charge in [0.15, 0.2) is 5.96 Å². The van der Waals surface area contributed by atoms with Gasteiger partial charge in [0.2, 0.25) is 11.0 Å². The fraction of sp³-hybridized carbons (Fsp3) is 0.429. The molecule has 3 heterocycles. The number of piperazine rings is 1. The molecule has 0 radical (unpaired) electrons. The molecular weight excluding hydrogens is 544 g/mol. The Morgan fingerprint density at radius 1 is 1.19 bits per heavy atom. The van der Waals surface area contributed by atoms with E-state index in [9.17, 15) is 4.39 Å². The fourth-order valence-corrected chi connectivity index (χ4v) is 4.21. The topological polar surface area (TPSA) is 82.7 Å². The second-order valence-electron chi connectivity index (χ2n) is 7.20. The Morgan fingerprint density at radius 3 is 2.59 bits per heavy atom. The summed E-state index contributed by atoms with van der Waals surface area (Å²) in [5, 5.41) is 4.42. The first-order chi connectivity index (χ1) is 15.2. The lowest BCUT2D eigenvalue weighted by Crippen LogP contribution is -2.52. The maximum absolute atomic E-state index is 13.1. The number of nitrogens with zero attached hydrogens (tertiary/aromatic N) is 6. The van der Waals surface area contributed by atoms with Gasteiger partial charge in [0.25, 0.3) is 0 Å². The molecule has 0 aliphatic carbocycles. The molecule has 3 aromatic rings. The smallest absolute Gasteiger partial charge is 0.226 e. The normalized spacial score (nSPS) is 14.4. The van der Waals surface area contributed by atoms with Gasteiger partial charge in [0.05, 0.1) is 5.69 Å². The average molecular weight is 571 g/mol. The van der Waals surface area contributed by atoms with E-state index in [0.717, 1.165) is 60.8 Å². The molecule has 1 aromatic carbocycles. The fourth-order valence-electron chi connectivity index (χ4n) is 3.41. The summed E-state index contributed by atoms with van der Waals surface area (Å²) < 4.78 is 23.0. The number of nitrogens with one attached hydrogen (secondary N) is 1. The number of guanidine groups is 1. The summed E-state index contributed by atoms with van der Waals surface area (Å²) in [5.74, 6) is 2.02. The lowest BCUT2D eigenvalue weighted by Gasteiger charge is -2.36. The molecule has 1 aliphatic heterocycles. The second kappa shape index (κ2) is 11.5. The number of oxazole rings is 1. The molecule has 11 heteroatoms. The highest BCUT2D eigenvalue weighted by atomic mass is 127. The van der Waals surface area contributed by atoms with Crippen LogP contribution in [0.15, 0.2) is 39.9 Å². The summed E-state index contributed by atoms with van der Waals surface area (Å²) in [6.45, 7) is 6.30. The Hall–Kier alpha value is -2.28. The van der Waals surface area contributed by atoms with Gasteiger partial charge in [-0.2, -0.15) is 4.37 Å². The predicted octanol–water partition coefficient (Wildman–Crippen LogP) is 3.45. The summed E-state index contributed by atoms with van der Waals surface area (Å²) in [6, 6.07) is 6.13. The summed E-state index contributed by atoms with van der Waals surface area (Å²) in [4.78, 5) is 18.1. The van der Waals surface area contributed by atoms with Crippen LogP contribution in [-0.4, -0.2) is 65.0 Å². The average Bonchev–Trinajstić information content (AvgIpc) is 3.47. The Morgan fingerprint density at radius 2 is 1.94 bits per heavy atom. The maximum Gasteiger partial charge on any atom is 0.226 e. The summed E-state index contributed by atoms with van der Waals surface area (Å²) in [5.41, 5.74) is 1.60. The van der Waals surface area contributed by atoms with Gasteiger partial charge in [0.1, 0.15) is 17.9 Å². The number of aryl methyl sites for hydroxylation is 1. The lowest BCUT2D eigenvalue weighted by molar-refractivity contribution is 0.372. The van der Waals surface area contributed by atoms with Gasteiger partial charge in [-0.25, -0.2) is 14.4 Å². The zero-order valence-corrected chi connectivity index (χ0v) is 21.3. The van der Waals surface area contributed by atoms with Crippen molar-refractivity contribution in [2.75, 3.05) is 44.7 Å². The van der Waals surface area contributed by atoms with E-state index in [1.54, 1.807) is 25.4 Å². The Labute approximate surface area is 208 Å². The molecule has 0 bridgehead atoms. The number of rotatable bonds is 6. The van der Waals surface area contributed by atoms with Crippen LogP contribution in [0.4, 0.5) is 9.52 Å². The molecule has 0 amide bonds. The van der Waals surface area contributed by atoms with Crippen LogP contribution in [0.3, 0.4) is 0 Å². The Balaban J connectivity index is 0.00000289. The molecule has 0 spiro atoms. The first kappa shape index (κ1) is 24.4. The van der Waals surface area contributed by atoms with E-state index in [2.05, 4.69) is 41.4 Å². The van der Waals surface area contributed by atoms with Crippen molar-refractivity contribution in [3.8, 4) is 11.5 Å². The predicted molar refractivity (Wildman–Crippen MR) is 135 cm³/mol. The molecular formula is C21H27FIN7OS. The minimum atomic E-state index is -0.277. The monoisotopic (exact) mass is 571 g/mol. The third kappa shape index (κ3) is 5.94. The molecule has 0 saturated carbocycles. The third-order valence-electron chi connectivity index (χ3n) is 5.14. The van der Waals surface area contributed by atoms with Crippen molar-refractivity contribution in [1.29, 1.82) is 0 Å². The number of aromatic nitrogens is 3. The zero-order chi connectivity index (χ0) is 21.6. The molecule has 0 unspecified atom stereocenters. The first-order valence-electron chi connectivity index (χ1n) is 10.4. The van der Waals surface area contributed by atoms with Crippen LogP contribution in [-0.2, 0) is 12.8 Å². The van der Waals surface area contributed by atoms with E-state index in [0.29, 0.717) is 18.9 Å². The highest BCUT2D eigenvalue weighted by Gasteiger charge is 2.22. The summed E-state index contributed by atoms with van der Waals surface area (Å²) in [6.07, 6.45) is 3.22. The summed E-state index contributed by atoms with van der Waals surface area (Å²) >= 11 is 1.47. The molecule has 8 nitrogen and oxygen atoms in total. The molecule has 1 fully saturated rings. The minimum Gasteiger partial charge on any atom is -0.444 e. The van der Waals surface area contributed by atoms with Gasteiger partial charge in [0, 0.05) is 69.7 Å². The van der Waals surface area contributed by atoms with Crippen LogP contribution in [0.1, 0.15) is 18.4 Å². The van der Waals surface area contributed by atoms with E-state index in [1.165, 1.54) is 23.7 Å². The Kier molecular flexibility index (Phi) is 8.79. The van der Waals surface area contributed by atoms with Crippen molar-refractivity contribution in [3.63, 3.8) is 0 Å². The second-order valence-corrected chi connectivity index (χ2v) is 7.93. The molecule has 1 aliphatic rings. The molecule has 32 heavy (non-hydrogen) atoms.